The maximum absolute atomic E-state index is 11.0. The van der Waals surface area contributed by atoms with Gasteiger partial charge in [0.1, 0.15) is 0 Å². The van der Waals surface area contributed by atoms with Gasteiger partial charge in [-0.05, 0) is 6.92 Å². The molecule has 1 aliphatic heterocycles. The molecule has 1 heterocycles. The van der Waals surface area contributed by atoms with Crippen LogP contribution in [0.2, 0.25) is 0 Å². The van der Waals surface area contributed by atoms with Crippen LogP contribution in [0.15, 0.2) is 0 Å². The summed E-state index contributed by atoms with van der Waals surface area (Å²) in [6.45, 7) is 3.75. The van der Waals surface area contributed by atoms with Crippen molar-refractivity contribution in [3.05, 3.63) is 0 Å². The van der Waals surface area contributed by atoms with Crippen LogP contribution in [0.4, 0.5) is 0 Å². The molecule has 0 aromatic rings. The molecule has 1 amide bonds. The second-order valence-corrected chi connectivity index (χ2v) is 2.88. The minimum atomic E-state index is 0.247. The molecule has 0 saturated carbocycles. The minimum Gasteiger partial charge on any atom is -0.344 e. The second kappa shape index (κ2) is 3.01. The highest BCUT2D eigenvalue weighted by atomic mass is 16.2. The molecule has 58 valence electrons. The molecule has 1 saturated heterocycles. The van der Waals surface area contributed by atoms with Gasteiger partial charge in [0.05, 0.1) is 0 Å². The Morgan fingerprint density at radius 2 is 2.40 bits per heavy atom. The third kappa shape index (κ3) is 1.70. The summed E-state index contributed by atoms with van der Waals surface area (Å²) in [6.07, 6.45) is 0.640. The van der Waals surface area contributed by atoms with E-state index in [0.717, 1.165) is 13.1 Å². The molecule has 1 unspecified atom stereocenters. The van der Waals surface area contributed by atoms with Crippen LogP contribution < -0.4 is 5.32 Å². The summed E-state index contributed by atoms with van der Waals surface area (Å²) < 4.78 is 0. The topological polar surface area (TPSA) is 32.3 Å². The Kier molecular flexibility index (Phi) is 2.27. The number of nitrogens with zero attached hydrogens (tertiary/aromatic N) is 1. The fraction of sp³-hybridized carbons (Fsp3) is 0.857. The Bertz CT molecular complexity index is 136. The quantitative estimate of drug-likeness (QED) is 0.509. The zero-order valence-electron chi connectivity index (χ0n) is 6.55. The summed E-state index contributed by atoms with van der Waals surface area (Å²) in [5.74, 6) is 0.247. The molecule has 1 N–H and O–H groups in total. The first-order valence-electron chi connectivity index (χ1n) is 3.67. The summed E-state index contributed by atoms with van der Waals surface area (Å²) in [5.41, 5.74) is 0. The van der Waals surface area contributed by atoms with E-state index >= 15 is 0 Å². The van der Waals surface area contributed by atoms with E-state index < -0.39 is 0 Å². The highest BCUT2D eigenvalue weighted by Gasteiger charge is 2.15. The highest BCUT2D eigenvalue weighted by molar-refractivity contribution is 5.76. The van der Waals surface area contributed by atoms with Gasteiger partial charge in [-0.3, -0.25) is 4.79 Å². The van der Waals surface area contributed by atoms with Crippen molar-refractivity contribution in [2.75, 3.05) is 20.1 Å². The van der Waals surface area contributed by atoms with Gasteiger partial charge in [-0.15, -0.1) is 0 Å². The molecule has 1 atom stereocenters. The lowest BCUT2D eigenvalue weighted by atomic mass is 10.3. The predicted molar refractivity (Wildman–Crippen MR) is 39.7 cm³/mol. The summed E-state index contributed by atoms with van der Waals surface area (Å²) in [7, 11) is 1.85. The molecule has 0 spiro atoms. The number of likely N-dealkylation sites (N-methyl/N-ethyl adjacent to an activating group) is 1. The number of carbonyl (C=O) groups excluding carboxylic acids is 1. The molecule has 0 radical (unpaired) electrons. The Morgan fingerprint density at radius 1 is 1.70 bits per heavy atom. The van der Waals surface area contributed by atoms with Gasteiger partial charge in [0.2, 0.25) is 5.91 Å². The van der Waals surface area contributed by atoms with Gasteiger partial charge in [-0.1, -0.05) is 0 Å². The average Bonchev–Trinajstić information content (AvgIpc) is 1.96. The SMILES string of the molecule is CC1CN(C)C(=O)CCN1. The summed E-state index contributed by atoms with van der Waals surface area (Å²) in [6, 6.07) is 0.441. The molecule has 0 aromatic heterocycles. The number of nitrogens with one attached hydrogen (secondary N) is 1. The monoisotopic (exact) mass is 142 g/mol. The summed E-state index contributed by atoms with van der Waals surface area (Å²) in [5, 5.41) is 3.24. The smallest absolute Gasteiger partial charge is 0.223 e. The van der Waals surface area contributed by atoms with Crippen molar-refractivity contribution < 1.29 is 4.79 Å². The van der Waals surface area contributed by atoms with Crippen LogP contribution in [0.25, 0.3) is 0 Å². The molecule has 3 heteroatoms. The lowest BCUT2D eigenvalue weighted by Gasteiger charge is -2.16. The van der Waals surface area contributed by atoms with Crippen molar-refractivity contribution in [1.29, 1.82) is 0 Å². The van der Waals surface area contributed by atoms with Gasteiger partial charge in [-0.2, -0.15) is 0 Å². The van der Waals surface area contributed by atoms with Crippen molar-refractivity contribution >= 4 is 5.91 Å². The zero-order chi connectivity index (χ0) is 7.56. The van der Waals surface area contributed by atoms with Crippen molar-refractivity contribution in [2.24, 2.45) is 0 Å². The van der Waals surface area contributed by atoms with E-state index in [0.29, 0.717) is 12.5 Å². The van der Waals surface area contributed by atoms with E-state index in [1.165, 1.54) is 0 Å². The van der Waals surface area contributed by atoms with Crippen LogP contribution in [0.1, 0.15) is 13.3 Å². The van der Waals surface area contributed by atoms with Crippen LogP contribution in [-0.2, 0) is 4.79 Å². The Hall–Kier alpha value is -0.570. The molecule has 0 aliphatic carbocycles. The van der Waals surface area contributed by atoms with Crippen LogP contribution in [0, 0.1) is 0 Å². The number of hydrogen-bond acceptors (Lipinski definition) is 2. The van der Waals surface area contributed by atoms with Gasteiger partial charge in [0.15, 0.2) is 0 Å². The van der Waals surface area contributed by atoms with E-state index in [1.807, 2.05) is 7.05 Å². The predicted octanol–water partition coefficient (Wildman–Crippen LogP) is -0.173. The van der Waals surface area contributed by atoms with Crippen LogP contribution in [0.5, 0.6) is 0 Å². The van der Waals surface area contributed by atoms with Gasteiger partial charge in [0.25, 0.3) is 0 Å². The molecule has 1 aliphatic rings. The lowest BCUT2D eigenvalue weighted by Crippen LogP contribution is -2.34. The van der Waals surface area contributed by atoms with Gasteiger partial charge in [0, 0.05) is 32.6 Å². The van der Waals surface area contributed by atoms with E-state index in [2.05, 4.69) is 12.2 Å². The molecular formula is C7H14N2O. The lowest BCUT2D eigenvalue weighted by molar-refractivity contribution is -0.129. The normalized spacial score (nSPS) is 28.4. The number of amides is 1. The first kappa shape index (κ1) is 7.54. The van der Waals surface area contributed by atoms with Crippen molar-refractivity contribution in [3.63, 3.8) is 0 Å². The number of carbonyl (C=O) groups is 1. The maximum atomic E-state index is 11.0. The molecule has 1 rings (SSSR count). The molecule has 0 bridgehead atoms. The van der Waals surface area contributed by atoms with Gasteiger partial charge >= 0.3 is 0 Å². The molecule has 10 heavy (non-hydrogen) atoms. The Labute approximate surface area is 61.4 Å². The molecule has 1 fully saturated rings. The summed E-state index contributed by atoms with van der Waals surface area (Å²) in [4.78, 5) is 12.8. The number of hydrogen-bond donors (Lipinski definition) is 1. The van der Waals surface area contributed by atoms with Crippen molar-refractivity contribution in [2.45, 2.75) is 19.4 Å². The standard InChI is InChI=1S/C7H14N2O/c1-6-5-9(2)7(10)3-4-8-6/h6,8H,3-5H2,1-2H3. The van der Waals surface area contributed by atoms with E-state index in [4.69, 9.17) is 0 Å². The van der Waals surface area contributed by atoms with Crippen LogP contribution in [-0.4, -0.2) is 37.0 Å². The van der Waals surface area contributed by atoms with E-state index in [9.17, 15) is 4.79 Å². The highest BCUT2D eigenvalue weighted by Crippen LogP contribution is 1.97. The first-order valence-corrected chi connectivity index (χ1v) is 3.67. The first-order chi connectivity index (χ1) is 4.70. The van der Waals surface area contributed by atoms with Gasteiger partial charge in [-0.25, -0.2) is 0 Å². The third-order valence-electron chi connectivity index (χ3n) is 1.81. The number of rotatable bonds is 0. The molecule has 3 nitrogen and oxygen atoms in total. The van der Waals surface area contributed by atoms with Crippen molar-refractivity contribution in [1.82, 2.24) is 10.2 Å². The maximum Gasteiger partial charge on any atom is 0.223 e. The van der Waals surface area contributed by atoms with Gasteiger partial charge < -0.3 is 10.2 Å². The minimum absolute atomic E-state index is 0.247. The fourth-order valence-electron chi connectivity index (χ4n) is 1.19. The van der Waals surface area contributed by atoms with Crippen LogP contribution in [0.3, 0.4) is 0 Å². The average molecular weight is 142 g/mol. The van der Waals surface area contributed by atoms with E-state index in [-0.39, 0.29) is 5.91 Å². The molecular weight excluding hydrogens is 128 g/mol. The molecule has 0 aromatic carbocycles. The second-order valence-electron chi connectivity index (χ2n) is 2.88. The largest absolute Gasteiger partial charge is 0.344 e. The Morgan fingerprint density at radius 3 is 3.10 bits per heavy atom. The summed E-state index contributed by atoms with van der Waals surface area (Å²) >= 11 is 0. The third-order valence-corrected chi connectivity index (χ3v) is 1.81. The Balaban J connectivity index is 2.49. The van der Waals surface area contributed by atoms with Crippen molar-refractivity contribution in [3.8, 4) is 0 Å². The fourth-order valence-corrected chi connectivity index (χ4v) is 1.19. The zero-order valence-corrected chi connectivity index (χ0v) is 6.55. The van der Waals surface area contributed by atoms with Crippen LogP contribution >= 0.6 is 0 Å². The van der Waals surface area contributed by atoms with E-state index in [1.54, 1.807) is 4.90 Å².